The predicted octanol–water partition coefficient (Wildman–Crippen LogP) is 1.21. The summed E-state index contributed by atoms with van der Waals surface area (Å²) < 4.78 is 10.2. The zero-order chi connectivity index (χ0) is 14.3. The van der Waals surface area contributed by atoms with Gasteiger partial charge >= 0.3 is 5.97 Å². The van der Waals surface area contributed by atoms with Gasteiger partial charge in [0, 0.05) is 20.2 Å². The van der Waals surface area contributed by atoms with Crippen molar-refractivity contribution in [3.8, 4) is 0 Å². The lowest BCUT2D eigenvalue weighted by Gasteiger charge is -2.34. The van der Waals surface area contributed by atoms with Gasteiger partial charge in [-0.1, -0.05) is 0 Å². The minimum absolute atomic E-state index is 0.0615. The van der Waals surface area contributed by atoms with Crippen molar-refractivity contribution in [3.05, 3.63) is 0 Å². The van der Waals surface area contributed by atoms with Crippen molar-refractivity contribution < 1.29 is 19.1 Å². The normalized spacial score (nSPS) is 29.1. The molecule has 1 spiro atoms. The second-order valence-electron chi connectivity index (χ2n) is 6.46. The van der Waals surface area contributed by atoms with Crippen LogP contribution in [0.2, 0.25) is 0 Å². The molecule has 1 saturated heterocycles. The average molecular weight is 281 g/mol. The van der Waals surface area contributed by atoms with Gasteiger partial charge in [0.05, 0.1) is 13.0 Å². The summed E-state index contributed by atoms with van der Waals surface area (Å²) in [7, 11) is 3.08. The second-order valence-corrected chi connectivity index (χ2v) is 6.46. The first kappa shape index (κ1) is 13.9. The molecule has 0 bridgehead atoms. The number of carbonyl (C=O) groups is 2. The highest BCUT2D eigenvalue weighted by molar-refractivity contribution is 5.82. The van der Waals surface area contributed by atoms with Gasteiger partial charge in [-0.05, 0) is 43.4 Å². The van der Waals surface area contributed by atoms with E-state index in [4.69, 9.17) is 9.47 Å². The first-order chi connectivity index (χ1) is 9.61. The first-order valence-corrected chi connectivity index (χ1v) is 7.51. The summed E-state index contributed by atoms with van der Waals surface area (Å²) in [6, 6.07) is 0. The van der Waals surface area contributed by atoms with E-state index in [2.05, 4.69) is 0 Å². The van der Waals surface area contributed by atoms with Crippen molar-refractivity contribution in [2.24, 2.45) is 17.3 Å². The summed E-state index contributed by atoms with van der Waals surface area (Å²) >= 11 is 0. The Morgan fingerprint density at radius 3 is 2.35 bits per heavy atom. The number of hydrogen-bond acceptors (Lipinski definition) is 4. The third kappa shape index (κ3) is 2.32. The predicted molar refractivity (Wildman–Crippen MR) is 71.9 cm³/mol. The van der Waals surface area contributed by atoms with Crippen molar-refractivity contribution in [1.29, 1.82) is 0 Å². The molecule has 112 valence electrons. The minimum Gasteiger partial charge on any atom is -0.469 e. The van der Waals surface area contributed by atoms with Gasteiger partial charge in [-0.25, -0.2) is 0 Å². The van der Waals surface area contributed by atoms with Gasteiger partial charge in [0.15, 0.2) is 0 Å². The van der Waals surface area contributed by atoms with E-state index < -0.39 is 0 Å². The van der Waals surface area contributed by atoms with Gasteiger partial charge in [0.25, 0.3) is 5.91 Å². The zero-order valence-corrected chi connectivity index (χ0v) is 12.3. The molecular formula is C15H23NO4. The Bertz CT molecular complexity index is 410. The molecule has 2 atom stereocenters. The van der Waals surface area contributed by atoms with E-state index in [0.717, 1.165) is 45.2 Å². The smallest absolute Gasteiger partial charge is 0.309 e. The van der Waals surface area contributed by atoms with Gasteiger partial charge in [0.1, 0.15) is 6.10 Å². The number of likely N-dealkylation sites (tertiary alicyclic amines) is 1. The van der Waals surface area contributed by atoms with Crippen LogP contribution in [0.25, 0.3) is 0 Å². The molecule has 0 N–H and O–H groups in total. The average Bonchev–Trinajstić information content (AvgIpc) is 3.37. The summed E-state index contributed by atoms with van der Waals surface area (Å²) in [4.78, 5) is 25.9. The molecule has 0 radical (unpaired) electrons. The number of esters is 1. The highest BCUT2D eigenvalue weighted by Gasteiger charge is 2.59. The Kier molecular flexibility index (Phi) is 3.48. The number of ether oxygens (including phenoxy) is 2. The van der Waals surface area contributed by atoms with Crippen LogP contribution in [-0.2, 0) is 19.1 Å². The molecule has 2 aliphatic carbocycles. The summed E-state index contributed by atoms with van der Waals surface area (Å²) in [6.45, 7) is 1.50. The van der Waals surface area contributed by atoms with E-state index in [1.54, 1.807) is 7.11 Å². The fourth-order valence-corrected chi connectivity index (χ4v) is 3.62. The molecule has 5 heteroatoms. The van der Waals surface area contributed by atoms with Gasteiger partial charge in [-0.3, -0.25) is 9.59 Å². The molecular weight excluding hydrogens is 258 g/mol. The molecule has 2 saturated carbocycles. The Morgan fingerprint density at radius 2 is 1.85 bits per heavy atom. The fraction of sp³-hybridized carbons (Fsp3) is 0.867. The van der Waals surface area contributed by atoms with Crippen LogP contribution in [0.4, 0.5) is 0 Å². The van der Waals surface area contributed by atoms with Crippen LogP contribution >= 0.6 is 0 Å². The largest absolute Gasteiger partial charge is 0.469 e. The number of piperidine rings is 1. The topological polar surface area (TPSA) is 55.8 Å². The lowest BCUT2D eigenvalue weighted by Crippen LogP contribution is -2.46. The summed E-state index contributed by atoms with van der Waals surface area (Å²) in [5, 5.41) is 0. The Balaban J connectivity index is 1.54. The Morgan fingerprint density at radius 1 is 1.20 bits per heavy atom. The van der Waals surface area contributed by atoms with E-state index in [1.165, 1.54) is 7.11 Å². The van der Waals surface area contributed by atoms with E-state index >= 15 is 0 Å². The molecule has 3 rings (SSSR count). The number of amides is 1. The summed E-state index contributed by atoms with van der Waals surface area (Å²) in [5.41, 5.74) is 0.117. The zero-order valence-electron chi connectivity index (χ0n) is 12.3. The number of methoxy groups -OCH3 is 2. The number of carbonyl (C=O) groups excluding carboxylic acids is 2. The van der Waals surface area contributed by atoms with Gasteiger partial charge in [-0.2, -0.15) is 0 Å². The fourth-order valence-electron chi connectivity index (χ4n) is 3.62. The monoisotopic (exact) mass is 281 g/mol. The van der Waals surface area contributed by atoms with Crippen molar-refractivity contribution in [1.82, 2.24) is 4.90 Å². The summed E-state index contributed by atoms with van der Waals surface area (Å²) in [6.07, 6.45) is 4.72. The van der Waals surface area contributed by atoms with Gasteiger partial charge in [0.2, 0.25) is 0 Å². The van der Waals surface area contributed by atoms with Crippen LogP contribution in [0.15, 0.2) is 0 Å². The van der Waals surface area contributed by atoms with Gasteiger partial charge < -0.3 is 14.4 Å². The number of hydrogen-bond donors (Lipinski definition) is 0. The van der Waals surface area contributed by atoms with E-state index in [1.807, 2.05) is 4.90 Å². The Hall–Kier alpha value is -1.10. The Labute approximate surface area is 119 Å². The first-order valence-electron chi connectivity index (χ1n) is 7.51. The van der Waals surface area contributed by atoms with E-state index in [0.29, 0.717) is 5.92 Å². The van der Waals surface area contributed by atoms with Crippen LogP contribution < -0.4 is 0 Å². The lowest BCUT2D eigenvalue weighted by atomic mass is 9.90. The van der Waals surface area contributed by atoms with Crippen molar-refractivity contribution in [2.45, 2.75) is 38.2 Å². The van der Waals surface area contributed by atoms with E-state index in [9.17, 15) is 9.59 Å². The number of nitrogens with zero attached hydrogens (tertiary/aromatic N) is 1. The number of rotatable bonds is 4. The third-order valence-corrected chi connectivity index (χ3v) is 5.29. The molecule has 0 aromatic heterocycles. The maximum Gasteiger partial charge on any atom is 0.309 e. The molecule has 0 unspecified atom stereocenters. The standard InChI is InChI=1S/C15H23NO4/c1-19-12(10-3-4-10)13(17)16-7-5-15(6-8-16)9-11(15)14(18)20-2/h10-12H,3-9H2,1-2H3/t11-,12-/m1/s1. The van der Waals surface area contributed by atoms with Crippen LogP contribution in [0.1, 0.15) is 32.1 Å². The molecule has 1 amide bonds. The lowest BCUT2D eigenvalue weighted by molar-refractivity contribution is -0.145. The van der Waals surface area contributed by atoms with Crippen LogP contribution in [-0.4, -0.2) is 50.2 Å². The molecule has 0 aromatic carbocycles. The van der Waals surface area contributed by atoms with Crippen LogP contribution in [0.3, 0.4) is 0 Å². The maximum atomic E-state index is 12.4. The van der Waals surface area contributed by atoms with Crippen LogP contribution in [0, 0.1) is 17.3 Å². The molecule has 5 nitrogen and oxygen atoms in total. The summed E-state index contributed by atoms with van der Waals surface area (Å²) in [5.74, 6) is 0.538. The highest BCUT2D eigenvalue weighted by Crippen LogP contribution is 2.59. The molecule has 1 heterocycles. The third-order valence-electron chi connectivity index (χ3n) is 5.29. The SMILES string of the molecule is COC(=O)[C@H]1CC12CCN(C(=O)[C@H](OC)C1CC1)CC2. The van der Waals surface area contributed by atoms with E-state index in [-0.39, 0.29) is 29.3 Å². The van der Waals surface area contributed by atoms with Crippen LogP contribution in [0.5, 0.6) is 0 Å². The highest BCUT2D eigenvalue weighted by atomic mass is 16.5. The van der Waals surface area contributed by atoms with Crippen molar-refractivity contribution in [3.63, 3.8) is 0 Å². The molecule has 3 aliphatic rings. The molecule has 20 heavy (non-hydrogen) atoms. The maximum absolute atomic E-state index is 12.4. The van der Waals surface area contributed by atoms with Crippen molar-refractivity contribution in [2.75, 3.05) is 27.3 Å². The molecule has 1 aliphatic heterocycles. The molecule has 0 aromatic rings. The minimum atomic E-state index is -0.250. The second kappa shape index (κ2) is 5.02. The van der Waals surface area contributed by atoms with Gasteiger partial charge in [-0.15, -0.1) is 0 Å². The van der Waals surface area contributed by atoms with Crippen molar-refractivity contribution >= 4 is 11.9 Å². The molecule has 3 fully saturated rings. The quantitative estimate of drug-likeness (QED) is 0.727.